The molecule has 0 bridgehead atoms. The minimum absolute atomic E-state index is 0.655. The molecule has 0 amide bonds. The zero-order valence-corrected chi connectivity index (χ0v) is 12.7. The van der Waals surface area contributed by atoms with Gasteiger partial charge in [-0.15, -0.1) is 0 Å². The molecular formula is C14H17N5S. The molecule has 0 atom stereocenters. The van der Waals surface area contributed by atoms with E-state index in [4.69, 9.17) is 0 Å². The Hall–Kier alpha value is -1.95. The van der Waals surface area contributed by atoms with Crippen molar-refractivity contribution in [1.29, 1.82) is 0 Å². The lowest BCUT2D eigenvalue weighted by Crippen LogP contribution is -2.05. The fourth-order valence-electron chi connectivity index (χ4n) is 2.14. The Kier molecular flexibility index (Phi) is 3.40. The molecule has 1 N–H and O–H groups in total. The van der Waals surface area contributed by atoms with Gasteiger partial charge in [0.25, 0.3) is 0 Å². The van der Waals surface area contributed by atoms with E-state index in [1.165, 1.54) is 17.1 Å². The highest BCUT2D eigenvalue weighted by atomic mass is 32.1. The van der Waals surface area contributed by atoms with E-state index < -0.39 is 0 Å². The molecule has 0 aliphatic carbocycles. The second-order valence-electron chi connectivity index (χ2n) is 4.80. The number of rotatable bonds is 4. The van der Waals surface area contributed by atoms with Crippen molar-refractivity contribution in [3.63, 3.8) is 0 Å². The Labute approximate surface area is 121 Å². The fraction of sp³-hybridized carbons (Fsp3) is 0.357. The highest BCUT2D eigenvalue weighted by Gasteiger charge is 2.08. The molecule has 5 nitrogen and oxygen atoms in total. The Morgan fingerprint density at radius 2 is 2.15 bits per heavy atom. The third-order valence-electron chi connectivity index (χ3n) is 3.31. The van der Waals surface area contributed by atoms with E-state index in [0.29, 0.717) is 6.54 Å². The number of nitrogens with zero attached hydrogens (tertiary/aromatic N) is 4. The molecule has 1 aromatic carbocycles. The molecule has 0 fully saturated rings. The van der Waals surface area contributed by atoms with Gasteiger partial charge in [0.15, 0.2) is 0 Å². The predicted octanol–water partition coefficient (Wildman–Crippen LogP) is 2.91. The maximum absolute atomic E-state index is 4.67. The van der Waals surface area contributed by atoms with Gasteiger partial charge in [0, 0.05) is 25.0 Å². The van der Waals surface area contributed by atoms with Crippen LogP contribution in [0.5, 0.6) is 0 Å². The molecule has 0 unspecified atom stereocenters. The highest BCUT2D eigenvalue weighted by Crippen LogP contribution is 2.18. The third kappa shape index (κ3) is 2.38. The Bertz CT molecular complexity index is 743. The summed E-state index contributed by atoms with van der Waals surface area (Å²) in [5, 5.41) is 4.15. The van der Waals surface area contributed by atoms with Crippen molar-refractivity contribution >= 4 is 27.7 Å². The third-order valence-corrected chi connectivity index (χ3v) is 4.02. The van der Waals surface area contributed by atoms with Crippen LogP contribution in [0.1, 0.15) is 24.1 Å². The lowest BCUT2D eigenvalue weighted by molar-refractivity contribution is 0.833. The van der Waals surface area contributed by atoms with Crippen LogP contribution in [0.15, 0.2) is 18.2 Å². The quantitative estimate of drug-likeness (QED) is 0.801. The van der Waals surface area contributed by atoms with Gasteiger partial charge in [0.2, 0.25) is 5.13 Å². The molecule has 0 saturated heterocycles. The molecular weight excluding hydrogens is 270 g/mol. The van der Waals surface area contributed by atoms with Gasteiger partial charge < -0.3 is 9.88 Å². The number of benzene rings is 1. The number of imidazole rings is 1. The number of fused-ring (bicyclic) bond motifs is 1. The number of hydrogen-bond donors (Lipinski definition) is 1. The number of aromatic nitrogens is 4. The first-order valence-corrected chi connectivity index (χ1v) is 7.43. The van der Waals surface area contributed by atoms with Crippen LogP contribution in [0.3, 0.4) is 0 Å². The first-order valence-electron chi connectivity index (χ1n) is 6.65. The van der Waals surface area contributed by atoms with Crippen LogP contribution in [-0.4, -0.2) is 18.9 Å². The molecule has 0 spiro atoms. The summed E-state index contributed by atoms with van der Waals surface area (Å²) in [6.07, 6.45) is 0.865. The van der Waals surface area contributed by atoms with Crippen molar-refractivity contribution in [2.24, 2.45) is 7.05 Å². The largest absolute Gasteiger partial charge is 0.353 e. The summed E-state index contributed by atoms with van der Waals surface area (Å²) in [7, 11) is 2.04. The lowest BCUT2D eigenvalue weighted by Gasteiger charge is -2.02. The first kappa shape index (κ1) is 13.1. The van der Waals surface area contributed by atoms with Crippen molar-refractivity contribution in [1.82, 2.24) is 18.9 Å². The molecule has 3 rings (SSSR count). The van der Waals surface area contributed by atoms with Crippen LogP contribution >= 0.6 is 11.5 Å². The molecule has 0 radical (unpaired) electrons. The lowest BCUT2D eigenvalue weighted by atomic mass is 10.2. The standard InChI is InChI=1S/C14H17N5S/c1-4-12-17-14(20-18-12)15-8-13-16-10-7-9(2)5-6-11(10)19(13)3/h5-7H,4,8H2,1-3H3,(H,15,17,18). The van der Waals surface area contributed by atoms with Gasteiger partial charge in [-0.2, -0.15) is 4.37 Å². The van der Waals surface area contributed by atoms with Crippen LogP contribution in [0.2, 0.25) is 0 Å². The Morgan fingerprint density at radius 3 is 2.90 bits per heavy atom. The number of hydrogen-bond acceptors (Lipinski definition) is 5. The molecule has 3 aromatic rings. The average molecular weight is 287 g/mol. The highest BCUT2D eigenvalue weighted by molar-refractivity contribution is 7.09. The van der Waals surface area contributed by atoms with Gasteiger partial charge in [-0.05, 0) is 24.6 Å². The molecule has 2 aromatic heterocycles. The number of aryl methyl sites for hydroxylation is 3. The first-order chi connectivity index (χ1) is 9.67. The molecule has 104 valence electrons. The van der Waals surface area contributed by atoms with Gasteiger partial charge in [-0.3, -0.25) is 0 Å². The summed E-state index contributed by atoms with van der Waals surface area (Å²) in [6, 6.07) is 6.33. The van der Waals surface area contributed by atoms with Crippen LogP contribution in [-0.2, 0) is 20.0 Å². The van der Waals surface area contributed by atoms with E-state index >= 15 is 0 Å². The maximum atomic E-state index is 4.67. The summed E-state index contributed by atoms with van der Waals surface area (Å²) in [4.78, 5) is 9.07. The Morgan fingerprint density at radius 1 is 1.30 bits per heavy atom. The van der Waals surface area contributed by atoms with Crippen molar-refractivity contribution in [2.45, 2.75) is 26.8 Å². The van der Waals surface area contributed by atoms with Crippen molar-refractivity contribution in [2.75, 3.05) is 5.32 Å². The maximum Gasteiger partial charge on any atom is 0.202 e. The van der Waals surface area contributed by atoms with Gasteiger partial charge in [0.05, 0.1) is 17.6 Å². The van der Waals surface area contributed by atoms with E-state index in [9.17, 15) is 0 Å². The minimum Gasteiger partial charge on any atom is -0.353 e. The van der Waals surface area contributed by atoms with Crippen LogP contribution in [0.4, 0.5) is 5.13 Å². The zero-order chi connectivity index (χ0) is 14.1. The van der Waals surface area contributed by atoms with E-state index in [1.807, 2.05) is 7.05 Å². The molecule has 0 aliphatic heterocycles. The van der Waals surface area contributed by atoms with E-state index in [2.05, 4.69) is 56.3 Å². The van der Waals surface area contributed by atoms with Crippen LogP contribution in [0, 0.1) is 6.92 Å². The van der Waals surface area contributed by atoms with Gasteiger partial charge in [0.1, 0.15) is 11.6 Å². The minimum atomic E-state index is 0.655. The molecule has 20 heavy (non-hydrogen) atoms. The second-order valence-corrected chi connectivity index (χ2v) is 5.55. The number of anilines is 1. The van der Waals surface area contributed by atoms with E-state index in [0.717, 1.165) is 34.2 Å². The average Bonchev–Trinajstić information content (AvgIpc) is 3.01. The van der Waals surface area contributed by atoms with Gasteiger partial charge in [-0.1, -0.05) is 13.0 Å². The molecule has 6 heteroatoms. The van der Waals surface area contributed by atoms with Crippen molar-refractivity contribution in [3.05, 3.63) is 35.4 Å². The summed E-state index contributed by atoms with van der Waals surface area (Å²) >= 11 is 1.40. The van der Waals surface area contributed by atoms with Gasteiger partial charge >= 0.3 is 0 Å². The second kappa shape index (κ2) is 5.20. The smallest absolute Gasteiger partial charge is 0.202 e. The summed E-state index contributed by atoms with van der Waals surface area (Å²) < 4.78 is 6.38. The SMILES string of the molecule is CCc1nsc(NCc2nc3cc(C)ccc3n2C)n1. The monoisotopic (exact) mass is 287 g/mol. The van der Waals surface area contributed by atoms with Crippen LogP contribution in [0.25, 0.3) is 11.0 Å². The van der Waals surface area contributed by atoms with Crippen molar-refractivity contribution in [3.8, 4) is 0 Å². The van der Waals surface area contributed by atoms with E-state index in [1.54, 1.807) is 0 Å². The predicted molar refractivity (Wildman–Crippen MR) is 82.1 cm³/mol. The van der Waals surface area contributed by atoms with Crippen molar-refractivity contribution < 1.29 is 0 Å². The molecule has 0 saturated carbocycles. The summed E-state index contributed by atoms with van der Waals surface area (Å²) in [6.45, 7) is 4.79. The summed E-state index contributed by atoms with van der Waals surface area (Å²) in [5.74, 6) is 1.89. The molecule has 2 heterocycles. The van der Waals surface area contributed by atoms with Crippen LogP contribution < -0.4 is 5.32 Å². The normalized spacial score (nSPS) is 11.2. The van der Waals surface area contributed by atoms with E-state index in [-0.39, 0.29) is 0 Å². The summed E-state index contributed by atoms with van der Waals surface area (Å²) in [5.41, 5.74) is 3.42. The fourth-order valence-corrected chi connectivity index (χ4v) is 2.79. The number of nitrogens with one attached hydrogen (secondary N) is 1. The topological polar surface area (TPSA) is 55.6 Å². The van der Waals surface area contributed by atoms with Gasteiger partial charge in [-0.25, -0.2) is 9.97 Å². The zero-order valence-electron chi connectivity index (χ0n) is 11.8. The Balaban J connectivity index is 1.82. The molecule has 0 aliphatic rings.